The lowest BCUT2D eigenvalue weighted by molar-refractivity contribution is 0.0933. The van der Waals surface area contributed by atoms with E-state index in [9.17, 15) is 4.79 Å². The first-order valence-corrected chi connectivity index (χ1v) is 8.56. The zero-order valence-electron chi connectivity index (χ0n) is 14.7. The Labute approximate surface area is 167 Å². The number of nitrogens with zero attached hydrogens (tertiary/aromatic N) is 1. The van der Waals surface area contributed by atoms with Crippen molar-refractivity contribution in [3.05, 3.63) is 22.7 Å². The summed E-state index contributed by atoms with van der Waals surface area (Å²) in [4.78, 5) is 14.9. The van der Waals surface area contributed by atoms with Gasteiger partial charge in [0.25, 0.3) is 5.91 Å². The predicted molar refractivity (Wildman–Crippen MR) is 109 cm³/mol. The zero-order valence-corrected chi connectivity index (χ0v) is 17.1. The second-order valence-electron chi connectivity index (χ2n) is 6.07. The summed E-state index contributed by atoms with van der Waals surface area (Å²) in [6, 6.07) is 3.15. The molecule has 1 saturated heterocycles. The van der Waals surface area contributed by atoms with Gasteiger partial charge in [-0.25, -0.2) is 0 Å². The molecule has 8 heteroatoms. The molecule has 0 bridgehead atoms. The van der Waals surface area contributed by atoms with Crippen LogP contribution < -0.4 is 15.8 Å². The Balaban J connectivity index is 0.00000288. The van der Waals surface area contributed by atoms with Crippen LogP contribution in [0.5, 0.6) is 5.75 Å². The lowest BCUT2D eigenvalue weighted by atomic mass is 9.96. The first-order valence-electron chi connectivity index (χ1n) is 8.18. The summed E-state index contributed by atoms with van der Waals surface area (Å²) in [7, 11) is 1.52. The van der Waals surface area contributed by atoms with E-state index in [1.807, 2.05) is 0 Å². The number of methoxy groups -OCH3 is 1. The molecule has 1 fully saturated rings. The molecule has 1 aromatic rings. The van der Waals surface area contributed by atoms with E-state index in [0.29, 0.717) is 34.5 Å². The summed E-state index contributed by atoms with van der Waals surface area (Å²) < 4.78 is 5.23. The average molecular weight is 413 g/mol. The van der Waals surface area contributed by atoms with Gasteiger partial charge in [-0.3, -0.25) is 4.79 Å². The molecule has 0 unspecified atom stereocenters. The topological polar surface area (TPSA) is 67.6 Å². The van der Waals surface area contributed by atoms with Gasteiger partial charge in [0.15, 0.2) is 0 Å². The van der Waals surface area contributed by atoms with Crippen molar-refractivity contribution in [3.8, 4) is 5.75 Å². The number of piperidine rings is 1. The van der Waals surface area contributed by atoms with Crippen molar-refractivity contribution in [2.24, 2.45) is 5.92 Å². The van der Waals surface area contributed by atoms with Gasteiger partial charge in [-0.2, -0.15) is 0 Å². The lowest BCUT2D eigenvalue weighted by Crippen LogP contribution is -2.39. The van der Waals surface area contributed by atoms with Gasteiger partial charge in [-0.15, -0.1) is 24.8 Å². The number of benzene rings is 1. The molecule has 5 nitrogen and oxygen atoms in total. The third-order valence-corrected chi connectivity index (χ3v) is 4.69. The maximum atomic E-state index is 12.4. The molecule has 3 N–H and O–H groups in total. The van der Waals surface area contributed by atoms with Crippen LogP contribution in [0.4, 0.5) is 5.69 Å². The van der Waals surface area contributed by atoms with E-state index >= 15 is 0 Å². The molecule has 1 amide bonds. The van der Waals surface area contributed by atoms with Gasteiger partial charge in [-0.1, -0.05) is 18.5 Å². The Morgan fingerprint density at radius 2 is 2.00 bits per heavy atom. The maximum Gasteiger partial charge on any atom is 0.255 e. The molecule has 1 heterocycles. The van der Waals surface area contributed by atoms with Crippen LogP contribution in [0.2, 0.25) is 5.02 Å². The Morgan fingerprint density at radius 3 is 2.56 bits per heavy atom. The minimum Gasteiger partial charge on any atom is -0.496 e. The SMILES string of the molecule is CCCN1CCC(CNC(=O)c2cc(Cl)c(N)cc2OC)CC1.Cl.Cl. The fourth-order valence-electron chi connectivity index (χ4n) is 2.98. The number of carbonyl (C=O) groups is 1. The van der Waals surface area contributed by atoms with Crippen molar-refractivity contribution < 1.29 is 9.53 Å². The number of halogens is 3. The Kier molecular flexibility index (Phi) is 11.3. The highest BCUT2D eigenvalue weighted by Gasteiger charge is 2.20. The fourth-order valence-corrected chi connectivity index (χ4v) is 3.14. The van der Waals surface area contributed by atoms with E-state index < -0.39 is 0 Å². The van der Waals surface area contributed by atoms with Gasteiger partial charge in [-0.05, 0) is 50.9 Å². The molecule has 1 aliphatic heterocycles. The summed E-state index contributed by atoms with van der Waals surface area (Å²) in [6.07, 6.45) is 3.44. The molecule has 0 aliphatic carbocycles. The van der Waals surface area contributed by atoms with Gasteiger partial charge in [0.1, 0.15) is 5.75 Å². The van der Waals surface area contributed by atoms with E-state index in [-0.39, 0.29) is 30.7 Å². The second kappa shape index (κ2) is 11.7. The Morgan fingerprint density at radius 1 is 1.36 bits per heavy atom. The van der Waals surface area contributed by atoms with Gasteiger partial charge < -0.3 is 20.7 Å². The highest BCUT2D eigenvalue weighted by atomic mass is 35.5. The number of nitrogen functional groups attached to an aromatic ring is 1. The molecule has 0 aromatic heterocycles. The summed E-state index contributed by atoms with van der Waals surface area (Å²) in [5, 5.41) is 3.36. The first-order chi connectivity index (χ1) is 11.0. The number of ether oxygens (including phenoxy) is 1. The van der Waals surface area contributed by atoms with Crippen LogP contribution in [0, 0.1) is 5.92 Å². The minimum absolute atomic E-state index is 0. The smallest absolute Gasteiger partial charge is 0.255 e. The monoisotopic (exact) mass is 411 g/mol. The highest BCUT2D eigenvalue weighted by molar-refractivity contribution is 6.33. The number of hydrogen-bond donors (Lipinski definition) is 2. The van der Waals surface area contributed by atoms with E-state index in [4.69, 9.17) is 22.1 Å². The number of rotatable bonds is 6. The van der Waals surface area contributed by atoms with Crippen LogP contribution in [0.15, 0.2) is 12.1 Å². The molecule has 0 spiro atoms. The lowest BCUT2D eigenvalue weighted by Gasteiger charge is -2.31. The molecular formula is C17H28Cl3N3O2. The van der Waals surface area contributed by atoms with Crippen molar-refractivity contribution in [2.75, 3.05) is 39.0 Å². The van der Waals surface area contributed by atoms with Crippen molar-refractivity contribution in [3.63, 3.8) is 0 Å². The van der Waals surface area contributed by atoms with Crippen molar-refractivity contribution >= 4 is 48.0 Å². The van der Waals surface area contributed by atoms with Gasteiger partial charge in [0.2, 0.25) is 0 Å². The van der Waals surface area contributed by atoms with Gasteiger partial charge in [0.05, 0.1) is 23.4 Å². The predicted octanol–water partition coefficient (Wildman–Crippen LogP) is 3.63. The molecular weight excluding hydrogens is 385 g/mol. The third kappa shape index (κ3) is 6.74. The molecule has 0 saturated carbocycles. The highest BCUT2D eigenvalue weighted by Crippen LogP contribution is 2.28. The standard InChI is InChI=1S/C17H26ClN3O2.2ClH/c1-3-6-21-7-4-12(5-8-21)11-20-17(22)13-9-14(18)15(19)10-16(13)23-2;;/h9-10,12H,3-8,11,19H2,1-2H3,(H,20,22);2*1H. The minimum atomic E-state index is -0.167. The quantitative estimate of drug-likeness (QED) is 0.700. The van der Waals surface area contributed by atoms with E-state index in [2.05, 4.69) is 17.1 Å². The number of likely N-dealkylation sites (tertiary alicyclic amines) is 1. The van der Waals surface area contributed by atoms with Crippen LogP contribution in [0.25, 0.3) is 0 Å². The maximum absolute atomic E-state index is 12.4. The van der Waals surface area contributed by atoms with Crippen molar-refractivity contribution in [1.29, 1.82) is 0 Å². The summed E-state index contributed by atoms with van der Waals surface area (Å²) >= 11 is 6.02. The second-order valence-corrected chi connectivity index (χ2v) is 6.48. The fraction of sp³-hybridized carbons (Fsp3) is 0.588. The number of nitrogens with one attached hydrogen (secondary N) is 1. The summed E-state index contributed by atoms with van der Waals surface area (Å²) in [6.45, 7) is 6.29. The first kappa shape index (κ1) is 24.1. The number of hydrogen-bond acceptors (Lipinski definition) is 4. The van der Waals surface area contributed by atoms with Crippen LogP contribution in [0.1, 0.15) is 36.5 Å². The normalized spacial score (nSPS) is 15.0. The number of nitrogens with two attached hydrogens (primary N) is 1. The van der Waals surface area contributed by atoms with Gasteiger partial charge >= 0.3 is 0 Å². The molecule has 25 heavy (non-hydrogen) atoms. The van der Waals surface area contributed by atoms with E-state index in [0.717, 1.165) is 25.9 Å². The molecule has 1 aliphatic rings. The van der Waals surface area contributed by atoms with Crippen LogP contribution >= 0.6 is 36.4 Å². The van der Waals surface area contributed by atoms with Crippen LogP contribution in [-0.2, 0) is 0 Å². The number of anilines is 1. The number of carbonyl (C=O) groups excluding carboxylic acids is 1. The molecule has 2 rings (SSSR count). The van der Waals surface area contributed by atoms with Gasteiger partial charge in [0, 0.05) is 12.6 Å². The molecule has 1 aromatic carbocycles. The number of amides is 1. The summed E-state index contributed by atoms with van der Waals surface area (Å²) in [5.74, 6) is 0.809. The van der Waals surface area contributed by atoms with Crippen LogP contribution in [-0.4, -0.2) is 44.1 Å². The van der Waals surface area contributed by atoms with E-state index in [1.165, 1.54) is 20.1 Å². The van der Waals surface area contributed by atoms with Crippen LogP contribution in [0.3, 0.4) is 0 Å². The average Bonchev–Trinajstić information content (AvgIpc) is 2.56. The Hall–Kier alpha value is -0.880. The molecule has 0 atom stereocenters. The Bertz CT molecular complexity index is 550. The molecule has 0 radical (unpaired) electrons. The van der Waals surface area contributed by atoms with Crippen molar-refractivity contribution in [2.45, 2.75) is 26.2 Å². The van der Waals surface area contributed by atoms with Crippen molar-refractivity contribution in [1.82, 2.24) is 10.2 Å². The molecule has 144 valence electrons. The van der Waals surface area contributed by atoms with E-state index in [1.54, 1.807) is 12.1 Å². The largest absolute Gasteiger partial charge is 0.496 e. The third-order valence-electron chi connectivity index (χ3n) is 4.36. The zero-order chi connectivity index (χ0) is 16.8. The summed E-state index contributed by atoms with van der Waals surface area (Å²) in [5.41, 5.74) is 6.58.